The molecule has 0 saturated carbocycles. The average molecular weight is 339 g/mol. The smallest absolute Gasteiger partial charge is 0.229 e. The molecule has 0 aliphatic heterocycles. The monoisotopic (exact) mass is 339 g/mol. The maximum Gasteiger partial charge on any atom is 0.229 e. The van der Waals surface area contributed by atoms with Crippen molar-refractivity contribution in [3.63, 3.8) is 0 Å². The topological polar surface area (TPSA) is 54.9 Å². The van der Waals surface area contributed by atoms with Crippen LogP contribution in [-0.4, -0.2) is 15.9 Å². The van der Waals surface area contributed by atoms with Crippen LogP contribution in [-0.2, 0) is 11.2 Å². The molecule has 4 nitrogen and oxygen atoms in total. The third kappa shape index (κ3) is 3.59. The van der Waals surface area contributed by atoms with Crippen LogP contribution in [0.3, 0.4) is 0 Å². The molecule has 0 aliphatic rings. The maximum absolute atomic E-state index is 12.3. The summed E-state index contributed by atoms with van der Waals surface area (Å²) >= 11 is 0. The number of nitrogens with one attached hydrogen (secondary N) is 1. The summed E-state index contributed by atoms with van der Waals surface area (Å²) in [6.07, 6.45) is 3.85. The lowest BCUT2D eigenvalue weighted by molar-refractivity contribution is -0.115. The van der Waals surface area contributed by atoms with E-state index in [-0.39, 0.29) is 5.91 Å². The Morgan fingerprint density at radius 1 is 0.808 bits per heavy atom. The van der Waals surface area contributed by atoms with E-state index in [4.69, 9.17) is 0 Å². The Kier molecular flexibility index (Phi) is 4.39. The summed E-state index contributed by atoms with van der Waals surface area (Å²) in [6, 6.07) is 23.5. The number of benzene rings is 2. The molecule has 2 aromatic heterocycles. The van der Waals surface area contributed by atoms with Gasteiger partial charge in [0.25, 0.3) is 0 Å². The fourth-order valence-corrected chi connectivity index (χ4v) is 2.87. The molecule has 0 fully saturated rings. The van der Waals surface area contributed by atoms with E-state index in [0.29, 0.717) is 12.2 Å². The lowest BCUT2D eigenvalue weighted by Gasteiger charge is -2.07. The van der Waals surface area contributed by atoms with Crippen molar-refractivity contribution in [1.29, 1.82) is 0 Å². The summed E-state index contributed by atoms with van der Waals surface area (Å²) in [5.74, 6) is 0.492. The molecule has 0 radical (unpaired) electrons. The lowest BCUT2D eigenvalue weighted by Crippen LogP contribution is -2.15. The van der Waals surface area contributed by atoms with Gasteiger partial charge < -0.3 is 5.32 Å². The van der Waals surface area contributed by atoms with Crippen molar-refractivity contribution in [3.8, 4) is 11.1 Å². The Balaban J connectivity index is 1.44. The molecule has 26 heavy (non-hydrogen) atoms. The van der Waals surface area contributed by atoms with Crippen LogP contribution in [0.4, 0.5) is 5.82 Å². The van der Waals surface area contributed by atoms with E-state index in [9.17, 15) is 4.79 Å². The standard InChI is InChI=1S/C22H17N3O/c26-22(25-21-10-9-19-3-1-2-4-20(19)24-21)15-16-5-7-17(8-6-16)18-11-13-23-14-12-18/h1-14H,15H2,(H,24,25,26). The van der Waals surface area contributed by atoms with Crippen molar-refractivity contribution >= 4 is 22.6 Å². The van der Waals surface area contributed by atoms with Crippen molar-refractivity contribution in [2.75, 3.05) is 5.32 Å². The third-order valence-corrected chi connectivity index (χ3v) is 4.20. The zero-order valence-corrected chi connectivity index (χ0v) is 14.1. The predicted molar refractivity (Wildman–Crippen MR) is 104 cm³/mol. The number of rotatable bonds is 4. The predicted octanol–water partition coefficient (Wildman–Crippen LogP) is 4.48. The number of pyridine rings is 2. The first-order valence-electron chi connectivity index (χ1n) is 8.43. The van der Waals surface area contributed by atoms with Crippen LogP contribution in [0.5, 0.6) is 0 Å². The van der Waals surface area contributed by atoms with Gasteiger partial charge in [-0.1, -0.05) is 42.5 Å². The van der Waals surface area contributed by atoms with E-state index < -0.39 is 0 Å². The minimum atomic E-state index is -0.0792. The van der Waals surface area contributed by atoms with Gasteiger partial charge in [-0.25, -0.2) is 4.98 Å². The normalized spacial score (nSPS) is 10.6. The highest BCUT2D eigenvalue weighted by atomic mass is 16.1. The molecule has 2 aromatic carbocycles. The fourth-order valence-electron chi connectivity index (χ4n) is 2.87. The lowest BCUT2D eigenvalue weighted by atomic mass is 10.0. The largest absolute Gasteiger partial charge is 0.310 e. The molecule has 2 heterocycles. The summed E-state index contributed by atoms with van der Waals surface area (Å²) in [5.41, 5.74) is 4.04. The number of amides is 1. The van der Waals surface area contributed by atoms with Gasteiger partial charge in [0.05, 0.1) is 11.9 Å². The molecule has 1 amide bonds. The Labute approximate surface area is 151 Å². The molecule has 4 heteroatoms. The quantitative estimate of drug-likeness (QED) is 0.596. The van der Waals surface area contributed by atoms with Gasteiger partial charge in [-0.2, -0.15) is 0 Å². The second kappa shape index (κ2) is 7.15. The molecule has 0 saturated heterocycles. The van der Waals surface area contributed by atoms with Crippen LogP contribution >= 0.6 is 0 Å². The molecule has 0 atom stereocenters. The van der Waals surface area contributed by atoms with Gasteiger partial charge in [-0.3, -0.25) is 9.78 Å². The van der Waals surface area contributed by atoms with Crippen LogP contribution < -0.4 is 5.32 Å². The van der Waals surface area contributed by atoms with Crippen molar-refractivity contribution in [2.24, 2.45) is 0 Å². The average Bonchev–Trinajstić information content (AvgIpc) is 2.69. The molecule has 0 unspecified atom stereocenters. The van der Waals surface area contributed by atoms with Gasteiger partial charge in [-0.15, -0.1) is 0 Å². The van der Waals surface area contributed by atoms with Crippen molar-refractivity contribution in [2.45, 2.75) is 6.42 Å². The Bertz CT molecular complexity index is 1040. The fraction of sp³-hybridized carbons (Fsp3) is 0.0455. The van der Waals surface area contributed by atoms with E-state index in [1.54, 1.807) is 12.4 Å². The zero-order chi connectivity index (χ0) is 17.8. The highest BCUT2D eigenvalue weighted by Crippen LogP contribution is 2.19. The number of carbonyl (C=O) groups is 1. The number of hydrogen-bond acceptors (Lipinski definition) is 3. The van der Waals surface area contributed by atoms with Crippen LogP contribution in [0.1, 0.15) is 5.56 Å². The van der Waals surface area contributed by atoms with E-state index in [1.165, 1.54) is 0 Å². The Morgan fingerprint density at radius 3 is 2.35 bits per heavy atom. The molecule has 4 aromatic rings. The molecule has 0 spiro atoms. The summed E-state index contributed by atoms with van der Waals surface area (Å²) < 4.78 is 0. The Hall–Kier alpha value is -3.53. The van der Waals surface area contributed by atoms with Gasteiger partial charge in [0, 0.05) is 17.8 Å². The molecule has 0 bridgehead atoms. The van der Waals surface area contributed by atoms with Crippen molar-refractivity contribution in [1.82, 2.24) is 9.97 Å². The Morgan fingerprint density at radius 2 is 1.54 bits per heavy atom. The number of hydrogen-bond donors (Lipinski definition) is 1. The van der Waals surface area contributed by atoms with Crippen LogP contribution in [0, 0.1) is 0 Å². The number of nitrogens with zero attached hydrogens (tertiary/aromatic N) is 2. The first-order chi connectivity index (χ1) is 12.8. The highest BCUT2D eigenvalue weighted by molar-refractivity contribution is 5.92. The summed E-state index contributed by atoms with van der Waals surface area (Å²) in [6.45, 7) is 0. The van der Waals surface area contributed by atoms with Crippen LogP contribution in [0.25, 0.3) is 22.0 Å². The number of aromatic nitrogens is 2. The van der Waals surface area contributed by atoms with Gasteiger partial charge in [-0.05, 0) is 47.0 Å². The highest BCUT2D eigenvalue weighted by Gasteiger charge is 2.06. The third-order valence-electron chi connectivity index (χ3n) is 4.20. The minimum Gasteiger partial charge on any atom is -0.310 e. The van der Waals surface area contributed by atoms with Crippen molar-refractivity contribution in [3.05, 3.63) is 90.8 Å². The van der Waals surface area contributed by atoms with Gasteiger partial charge in [0.1, 0.15) is 5.82 Å². The molecule has 0 aliphatic carbocycles. The number of fused-ring (bicyclic) bond motifs is 1. The first-order valence-corrected chi connectivity index (χ1v) is 8.43. The van der Waals surface area contributed by atoms with E-state index in [1.807, 2.05) is 72.8 Å². The van der Waals surface area contributed by atoms with Gasteiger partial charge in [0.15, 0.2) is 0 Å². The van der Waals surface area contributed by atoms with Crippen molar-refractivity contribution < 1.29 is 4.79 Å². The van der Waals surface area contributed by atoms with Gasteiger partial charge in [0.2, 0.25) is 5.91 Å². The maximum atomic E-state index is 12.3. The molecular weight excluding hydrogens is 322 g/mol. The number of anilines is 1. The molecule has 126 valence electrons. The summed E-state index contributed by atoms with van der Waals surface area (Å²) in [5, 5.41) is 3.92. The second-order valence-corrected chi connectivity index (χ2v) is 6.05. The van der Waals surface area contributed by atoms with E-state index in [2.05, 4.69) is 15.3 Å². The zero-order valence-electron chi connectivity index (χ0n) is 14.1. The number of para-hydroxylation sites is 1. The minimum absolute atomic E-state index is 0.0792. The first kappa shape index (κ1) is 16.0. The number of carbonyl (C=O) groups excluding carboxylic acids is 1. The summed E-state index contributed by atoms with van der Waals surface area (Å²) in [4.78, 5) is 20.8. The second-order valence-electron chi connectivity index (χ2n) is 6.05. The van der Waals surface area contributed by atoms with Gasteiger partial charge >= 0.3 is 0 Å². The van der Waals surface area contributed by atoms with E-state index >= 15 is 0 Å². The molecule has 4 rings (SSSR count). The van der Waals surface area contributed by atoms with Crippen LogP contribution in [0.2, 0.25) is 0 Å². The molecule has 1 N–H and O–H groups in total. The SMILES string of the molecule is O=C(Cc1ccc(-c2ccncc2)cc1)Nc1ccc2ccccc2n1. The van der Waals surface area contributed by atoms with Crippen LogP contribution in [0.15, 0.2) is 85.2 Å². The molecular formula is C22H17N3O. The summed E-state index contributed by atoms with van der Waals surface area (Å²) in [7, 11) is 0. The van der Waals surface area contributed by atoms with E-state index in [0.717, 1.165) is 27.6 Å².